The molecule has 0 radical (unpaired) electrons. The van der Waals surface area contributed by atoms with Crippen LogP contribution in [0.25, 0.3) is 0 Å². The number of nitrogens with one attached hydrogen (secondary N) is 2. The average Bonchev–Trinajstić information content (AvgIpc) is 2.08. The van der Waals surface area contributed by atoms with E-state index in [1.807, 2.05) is 0 Å². The molecule has 13 heavy (non-hydrogen) atoms. The van der Waals surface area contributed by atoms with Crippen molar-refractivity contribution in [3.63, 3.8) is 0 Å². The van der Waals surface area contributed by atoms with E-state index in [0.29, 0.717) is 11.4 Å². The van der Waals surface area contributed by atoms with E-state index in [9.17, 15) is 5.11 Å². The van der Waals surface area contributed by atoms with Gasteiger partial charge < -0.3 is 15.2 Å². The smallest absolute Gasteiger partial charge is 0.142 e. The zero-order valence-electron chi connectivity index (χ0n) is 7.59. The second kappa shape index (κ2) is 3.80. The van der Waals surface area contributed by atoms with Crippen LogP contribution < -0.4 is 10.1 Å². The van der Waals surface area contributed by atoms with E-state index in [4.69, 9.17) is 10.1 Å². The summed E-state index contributed by atoms with van der Waals surface area (Å²) in [6.07, 6.45) is 0. The molecule has 0 saturated carbocycles. The van der Waals surface area contributed by atoms with E-state index >= 15 is 0 Å². The zero-order chi connectivity index (χ0) is 9.84. The largest absolute Gasteiger partial charge is 0.506 e. The van der Waals surface area contributed by atoms with E-state index in [-0.39, 0.29) is 11.6 Å². The number of hydrogen-bond donors (Lipinski definition) is 3. The third kappa shape index (κ3) is 2.37. The van der Waals surface area contributed by atoms with Gasteiger partial charge in [-0.15, -0.1) is 0 Å². The van der Waals surface area contributed by atoms with Crippen molar-refractivity contribution in [1.29, 1.82) is 5.41 Å². The Hall–Kier alpha value is -1.71. The maximum atomic E-state index is 9.43. The number of amidine groups is 1. The van der Waals surface area contributed by atoms with Crippen LogP contribution in [0.1, 0.15) is 6.92 Å². The van der Waals surface area contributed by atoms with Crippen molar-refractivity contribution < 1.29 is 9.84 Å². The number of hydrogen-bond acceptors (Lipinski definition) is 3. The lowest BCUT2D eigenvalue weighted by atomic mass is 10.2. The maximum absolute atomic E-state index is 9.43. The van der Waals surface area contributed by atoms with E-state index in [1.165, 1.54) is 13.2 Å². The molecule has 0 fully saturated rings. The molecule has 0 bridgehead atoms. The average molecular weight is 180 g/mol. The van der Waals surface area contributed by atoms with Gasteiger partial charge in [0, 0.05) is 6.07 Å². The summed E-state index contributed by atoms with van der Waals surface area (Å²) in [5.41, 5.74) is 0.508. The Kier molecular flexibility index (Phi) is 2.74. The van der Waals surface area contributed by atoms with Crippen LogP contribution in [0, 0.1) is 5.41 Å². The fourth-order valence-electron chi connectivity index (χ4n) is 0.946. The van der Waals surface area contributed by atoms with Gasteiger partial charge in [-0.3, -0.25) is 5.41 Å². The summed E-state index contributed by atoms with van der Waals surface area (Å²) in [5, 5.41) is 19.3. The summed E-state index contributed by atoms with van der Waals surface area (Å²) < 4.78 is 4.91. The van der Waals surface area contributed by atoms with Gasteiger partial charge >= 0.3 is 0 Å². The van der Waals surface area contributed by atoms with Crippen molar-refractivity contribution in [2.75, 3.05) is 12.4 Å². The highest BCUT2D eigenvalue weighted by Gasteiger charge is 2.02. The number of anilines is 1. The molecule has 4 nitrogen and oxygen atoms in total. The first-order valence-electron chi connectivity index (χ1n) is 3.82. The van der Waals surface area contributed by atoms with Gasteiger partial charge in [0.2, 0.25) is 0 Å². The molecule has 0 aromatic heterocycles. The molecule has 1 aromatic rings. The topological polar surface area (TPSA) is 65.3 Å². The van der Waals surface area contributed by atoms with Gasteiger partial charge in [-0.05, 0) is 19.1 Å². The molecule has 1 rings (SSSR count). The SMILES string of the molecule is COc1ccc(NC(C)=N)c(O)c1. The van der Waals surface area contributed by atoms with Gasteiger partial charge in [-0.2, -0.15) is 0 Å². The lowest BCUT2D eigenvalue weighted by molar-refractivity contribution is 0.408. The van der Waals surface area contributed by atoms with Crippen LogP contribution in [0.5, 0.6) is 11.5 Å². The highest BCUT2D eigenvalue weighted by Crippen LogP contribution is 2.27. The van der Waals surface area contributed by atoms with Crippen molar-refractivity contribution in [2.45, 2.75) is 6.92 Å². The minimum atomic E-state index is 0.0750. The summed E-state index contributed by atoms with van der Waals surface area (Å²) in [7, 11) is 1.53. The second-order valence-electron chi connectivity index (χ2n) is 2.63. The Labute approximate surface area is 76.7 Å². The Morgan fingerprint density at radius 3 is 2.69 bits per heavy atom. The van der Waals surface area contributed by atoms with Crippen LogP contribution in [0.2, 0.25) is 0 Å². The fraction of sp³-hybridized carbons (Fsp3) is 0.222. The van der Waals surface area contributed by atoms with Gasteiger partial charge in [0.1, 0.15) is 11.5 Å². The molecule has 0 heterocycles. The first-order valence-corrected chi connectivity index (χ1v) is 3.82. The summed E-state index contributed by atoms with van der Waals surface area (Å²) >= 11 is 0. The summed E-state index contributed by atoms with van der Waals surface area (Å²) in [4.78, 5) is 0. The molecule has 0 saturated heterocycles. The number of aromatic hydroxyl groups is 1. The Morgan fingerprint density at radius 2 is 2.23 bits per heavy atom. The molecule has 0 unspecified atom stereocenters. The van der Waals surface area contributed by atoms with Gasteiger partial charge in [-0.25, -0.2) is 0 Å². The lowest BCUT2D eigenvalue weighted by Gasteiger charge is -2.07. The maximum Gasteiger partial charge on any atom is 0.142 e. The minimum absolute atomic E-state index is 0.0750. The number of benzene rings is 1. The molecule has 0 atom stereocenters. The van der Waals surface area contributed by atoms with Gasteiger partial charge in [0.15, 0.2) is 0 Å². The van der Waals surface area contributed by atoms with Gasteiger partial charge in [-0.1, -0.05) is 0 Å². The van der Waals surface area contributed by atoms with Crippen molar-refractivity contribution in [1.82, 2.24) is 0 Å². The summed E-state index contributed by atoms with van der Waals surface area (Å²) in [5.74, 6) is 0.942. The molecule has 3 N–H and O–H groups in total. The number of methoxy groups -OCH3 is 1. The van der Waals surface area contributed by atoms with Crippen LogP contribution >= 0.6 is 0 Å². The standard InChI is InChI=1S/C9H12N2O2/c1-6(10)11-8-4-3-7(13-2)5-9(8)12/h3-5,12H,1-2H3,(H2,10,11). The van der Waals surface area contributed by atoms with Crippen LogP contribution in [-0.4, -0.2) is 18.1 Å². The third-order valence-electron chi connectivity index (χ3n) is 1.53. The molecule has 0 aliphatic carbocycles. The molecule has 0 amide bonds. The quantitative estimate of drug-likeness (QED) is 0.369. The molecule has 70 valence electrons. The predicted octanol–water partition coefficient (Wildman–Crippen LogP) is 1.81. The monoisotopic (exact) mass is 180 g/mol. The number of ether oxygens (including phenoxy) is 1. The fourth-order valence-corrected chi connectivity index (χ4v) is 0.946. The van der Waals surface area contributed by atoms with Crippen LogP contribution in [0.4, 0.5) is 5.69 Å². The summed E-state index contributed by atoms with van der Waals surface area (Å²) in [6.45, 7) is 1.60. The Bertz CT molecular complexity index is 323. The van der Waals surface area contributed by atoms with Crippen molar-refractivity contribution in [3.8, 4) is 11.5 Å². The van der Waals surface area contributed by atoms with Crippen molar-refractivity contribution >= 4 is 11.5 Å². The van der Waals surface area contributed by atoms with Crippen molar-refractivity contribution in [2.24, 2.45) is 0 Å². The minimum Gasteiger partial charge on any atom is -0.506 e. The Morgan fingerprint density at radius 1 is 1.54 bits per heavy atom. The normalized spacial score (nSPS) is 9.38. The predicted molar refractivity (Wildman–Crippen MR) is 51.7 cm³/mol. The molecule has 0 aliphatic rings. The lowest BCUT2D eigenvalue weighted by Crippen LogP contribution is -2.04. The van der Waals surface area contributed by atoms with E-state index in [1.54, 1.807) is 19.1 Å². The molecule has 0 spiro atoms. The molecule has 1 aromatic carbocycles. The highest BCUT2D eigenvalue weighted by atomic mass is 16.5. The molecular formula is C9H12N2O2. The van der Waals surface area contributed by atoms with Crippen molar-refractivity contribution in [3.05, 3.63) is 18.2 Å². The van der Waals surface area contributed by atoms with E-state index < -0.39 is 0 Å². The summed E-state index contributed by atoms with van der Waals surface area (Å²) in [6, 6.07) is 4.86. The van der Waals surface area contributed by atoms with E-state index in [2.05, 4.69) is 5.32 Å². The molecule has 4 heteroatoms. The number of rotatable bonds is 2. The first-order chi connectivity index (χ1) is 6.13. The molecular weight excluding hydrogens is 168 g/mol. The van der Waals surface area contributed by atoms with Gasteiger partial charge in [0.05, 0.1) is 18.6 Å². The van der Waals surface area contributed by atoms with Crippen LogP contribution in [-0.2, 0) is 0 Å². The highest BCUT2D eigenvalue weighted by molar-refractivity contribution is 5.92. The first kappa shape index (κ1) is 9.38. The number of phenols is 1. The van der Waals surface area contributed by atoms with Gasteiger partial charge in [0.25, 0.3) is 0 Å². The zero-order valence-corrected chi connectivity index (χ0v) is 7.59. The third-order valence-corrected chi connectivity index (χ3v) is 1.53. The molecule has 0 aliphatic heterocycles. The van der Waals surface area contributed by atoms with Crippen LogP contribution in [0.3, 0.4) is 0 Å². The van der Waals surface area contributed by atoms with Crippen LogP contribution in [0.15, 0.2) is 18.2 Å². The number of phenolic OH excluding ortho intramolecular Hbond substituents is 1. The Balaban J connectivity index is 2.91. The second-order valence-corrected chi connectivity index (χ2v) is 2.63. The van der Waals surface area contributed by atoms with E-state index in [0.717, 1.165) is 0 Å².